The fourth-order valence-corrected chi connectivity index (χ4v) is 4.68. The van der Waals surface area contributed by atoms with Crippen LogP contribution in [0.4, 0.5) is 0 Å². The highest BCUT2D eigenvalue weighted by molar-refractivity contribution is 7.09. The first-order valence-electron chi connectivity index (χ1n) is 11.1. The highest BCUT2D eigenvalue weighted by Gasteiger charge is 2.41. The zero-order chi connectivity index (χ0) is 23.0. The van der Waals surface area contributed by atoms with Gasteiger partial charge in [-0.3, -0.25) is 9.59 Å². The van der Waals surface area contributed by atoms with Crippen LogP contribution in [-0.2, 0) is 21.0 Å². The van der Waals surface area contributed by atoms with E-state index in [4.69, 9.17) is 4.84 Å². The van der Waals surface area contributed by atoms with Gasteiger partial charge in [-0.1, -0.05) is 71.9 Å². The van der Waals surface area contributed by atoms with Crippen molar-refractivity contribution >= 4 is 28.9 Å². The maximum atomic E-state index is 14.0. The van der Waals surface area contributed by atoms with Gasteiger partial charge in [0.25, 0.3) is 0 Å². The van der Waals surface area contributed by atoms with Crippen LogP contribution in [0.5, 0.6) is 0 Å². The summed E-state index contributed by atoms with van der Waals surface area (Å²) in [5.74, 6) is -0.810. The number of rotatable bonds is 8. The fourth-order valence-electron chi connectivity index (χ4n) is 4.03. The van der Waals surface area contributed by atoms with Gasteiger partial charge in [0.2, 0.25) is 11.8 Å². The molecule has 33 heavy (non-hydrogen) atoms. The Kier molecular flexibility index (Phi) is 7.52. The second-order valence-corrected chi connectivity index (χ2v) is 8.85. The van der Waals surface area contributed by atoms with E-state index in [0.717, 1.165) is 16.0 Å². The zero-order valence-corrected chi connectivity index (χ0v) is 19.3. The number of oxime groups is 1. The van der Waals surface area contributed by atoms with Crippen LogP contribution in [0.15, 0.2) is 83.3 Å². The first-order chi connectivity index (χ1) is 16.2. The summed E-state index contributed by atoms with van der Waals surface area (Å²) in [6, 6.07) is 22.7. The van der Waals surface area contributed by atoms with Crippen LogP contribution in [0.3, 0.4) is 0 Å². The lowest BCUT2D eigenvalue weighted by atomic mass is 9.90. The molecule has 1 unspecified atom stereocenters. The van der Waals surface area contributed by atoms with E-state index in [1.807, 2.05) is 85.1 Å². The van der Waals surface area contributed by atoms with Gasteiger partial charge in [-0.15, -0.1) is 11.3 Å². The number of carbonyl (C=O) groups is 2. The maximum absolute atomic E-state index is 14.0. The minimum atomic E-state index is -0.633. The normalized spacial score (nSPS) is 16.8. The molecule has 3 aromatic rings. The predicted octanol–water partition coefficient (Wildman–Crippen LogP) is 4.19. The van der Waals surface area contributed by atoms with E-state index >= 15 is 0 Å². The molecule has 2 heterocycles. The predicted molar refractivity (Wildman–Crippen MR) is 130 cm³/mol. The van der Waals surface area contributed by atoms with Gasteiger partial charge >= 0.3 is 0 Å². The largest absolute Gasteiger partial charge is 0.396 e. The highest BCUT2D eigenvalue weighted by atomic mass is 32.1. The summed E-state index contributed by atoms with van der Waals surface area (Å²) in [7, 11) is 0. The van der Waals surface area contributed by atoms with Crippen LogP contribution < -0.4 is 5.32 Å². The molecule has 1 aromatic heterocycles. The van der Waals surface area contributed by atoms with Gasteiger partial charge in [0.15, 0.2) is 0 Å². The average Bonchev–Trinajstić information content (AvgIpc) is 3.53. The van der Waals surface area contributed by atoms with Crippen molar-refractivity contribution < 1.29 is 14.4 Å². The smallest absolute Gasteiger partial charge is 0.243 e. The summed E-state index contributed by atoms with van der Waals surface area (Å²) in [6.45, 7) is 3.00. The van der Waals surface area contributed by atoms with Crippen LogP contribution in [0.2, 0.25) is 0 Å². The first kappa shape index (κ1) is 22.7. The third-order valence-corrected chi connectivity index (χ3v) is 6.47. The van der Waals surface area contributed by atoms with E-state index in [1.165, 1.54) is 0 Å². The van der Waals surface area contributed by atoms with Gasteiger partial charge in [-0.25, -0.2) is 0 Å². The van der Waals surface area contributed by atoms with Gasteiger partial charge in [0.05, 0.1) is 24.7 Å². The number of benzene rings is 2. The van der Waals surface area contributed by atoms with Crippen molar-refractivity contribution in [2.75, 3.05) is 13.2 Å². The van der Waals surface area contributed by atoms with Crippen LogP contribution in [-0.4, -0.2) is 41.6 Å². The molecule has 0 aliphatic carbocycles. The monoisotopic (exact) mass is 461 g/mol. The van der Waals surface area contributed by atoms with Gasteiger partial charge in [-0.05, 0) is 29.5 Å². The molecule has 6 nitrogen and oxygen atoms in total. The molecule has 2 amide bonds. The summed E-state index contributed by atoms with van der Waals surface area (Å²) < 4.78 is 0. The van der Waals surface area contributed by atoms with Gasteiger partial charge in [0.1, 0.15) is 12.6 Å². The number of nitrogens with zero attached hydrogens (tertiary/aromatic N) is 2. The molecule has 1 aliphatic heterocycles. The number of thiophene rings is 1. The Morgan fingerprint density at radius 3 is 2.30 bits per heavy atom. The van der Waals surface area contributed by atoms with E-state index in [-0.39, 0.29) is 18.4 Å². The Morgan fingerprint density at radius 1 is 1.06 bits per heavy atom. The molecule has 0 bridgehead atoms. The van der Waals surface area contributed by atoms with E-state index in [0.29, 0.717) is 25.3 Å². The van der Waals surface area contributed by atoms with Crippen molar-refractivity contribution in [2.45, 2.75) is 31.8 Å². The Labute approximate surface area is 197 Å². The molecule has 1 saturated heterocycles. The third-order valence-electron chi connectivity index (χ3n) is 5.60. The molecule has 7 heteroatoms. The lowest BCUT2D eigenvalue weighted by Crippen LogP contribution is -2.47. The van der Waals surface area contributed by atoms with E-state index in [1.54, 1.807) is 16.2 Å². The number of amides is 2. The molecule has 0 saturated carbocycles. The van der Waals surface area contributed by atoms with Crippen molar-refractivity contribution in [1.82, 2.24) is 10.2 Å². The first-order valence-corrected chi connectivity index (χ1v) is 11.9. The van der Waals surface area contributed by atoms with Crippen molar-refractivity contribution in [3.05, 3.63) is 94.2 Å². The summed E-state index contributed by atoms with van der Waals surface area (Å²) in [4.78, 5) is 35.1. The third kappa shape index (κ3) is 5.49. The lowest BCUT2D eigenvalue weighted by Gasteiger charge is -2.28. The Hall–Kier alpha value is -3.45. The molecule has 4 rings (SSSR count). The molecule has 0 spiro atoms. The van der Waals surface area contributed by atoms with Gasteiger partial charge < -0.3 is 15.1 Å². The second kappa shape index (κ2) is 10.9. The molecule has 170 valence electrons. The molecule has 1 N–H and O–H groups in total. The number of likely N-dealkylation sites (tertiary alicyclic amines) is 1. The van der Waals surface area contributed by atoms with Crippen molar-refractivity contribution in [3.8, 4) is 0 Å². The van der Waals surface area contributed by atoms with Crippen molar-refractivity contribution in [3.63, 3.8) is 0 Å². The maximum Gasteiger partial charge on any atom is 0.243 e. The van der Waals surface area contributed by atoms with Crippen LogP contribution >= 0.6 is 11.3 Å². The number of hydrogen-bond donors (Lipinski definition) is 1. The van der Waals surface area contributed by atoms with Crippen LogP contribution in [0.25, 0.3) is 0 Å². The SMILES string of the molecule is CCO/N=C1\CC(C(=O)NCc2cccs2)N(C(=O)C(c2ccccc2)c2ccccc2)C1. The Balaban J connectivity index is 1.62. The summed E-state index contributed by atoms with van der Waals surface area (Å²) in [5, 5.41) is 9.13. The molecular formula is C26H27N3O3S. The Morgan fingerprint density at radius 2 is 1.73 bits per heavy atom. The molecule has 1 aliphatic rings. The number of hydrogen-bond acceptors (Lipinski definition) is 5. The molecule has 0 radical (unpaired) electrons. The van der Waals surface area contributed by atoms with E-state index < -0.39 is 12.0 Å². The quantitative estimate of drug-likeness (QED) is 0.512. The highest BCUT2D eigenvalue weighted by Crippen LogP contribution is 2.30. The number of nitrogens with one attached hydrogen (secondary N) is 1. The molecule has 2 aromatic carbocycles. The van der Waals surface area contributed by atoms with Gasteiger partial charge in [0, 0.05) is 11.3 Å². The van der Waals surface area contributed by atoms with Crippen molar-refractivity contribution in [2.24, 2.45) is 5.16 Å². The van der Waals surface area contributed by atoms with E-state index in [9.17, 15) is 9.59 Å². The summed E-state index contributed by atoms with van der Waals surface area (Å²) in [6.07, 6.45) is 0.359. The second-order valence-electron chi connectivity index (χ2n) is 7.81. The van der Waals surface area contributed by atoms with E-state index in [2.05, 4.69) is 10.5 Å². The zero-order valence-electron chi connectivity index (χ0n) is 18.5. The standard InChI is InChI=1S/C26H27N3O3S/c1-2-32-28-21-16-23(25(30)27-17-22-14-9-15-33-22)29(18-21)26(31)24(19-10-5-3-6-11-19)20-12-7-4-8-13-20/h3-15,23-24H,2,16-18H2,1H3,(H,27,30)/b28-21+. The van der Waals surface area contributed by atoms with Crippen molar-refractivity contribution in [1.29, 1.82) is 0 Å². The van der Waals surface area contributed by atoms with Gasteiger partial charge in [-0.2, -0.15) is 0 Å². The minimum absolute atomic E-state index is 0.120. The minimum Gasteiger partial charge on any atom is -0.396 e. The molecule has 1 atom stereocenters. The molecular weight excluding hydrogens is 434 g/mol. The average molecular weight is 462 g/mol. The molecule has 1 fully saturated rings. The topological polar surface area (TPSA) is 71.0 Å². The fraction of sp³-hybridized carbons (Fsp3) is 0.269. The Bertz CT molecular complexity index is 1040. The van der Waals surface area contributed by atoms with Crippen LogP contribution in [0.1, 0.15) is 35.3 Å². The summed E-state index contributed by atoms with van der Waals surface area (Å²) >= 11 is 1.59. The van der Waals surface area contributed by atoms with Crippen LogP contribution in [0, 0.1) is 0 Å². The lowest BCUT2D eigenvalue weighted by molar-refractivity contribution is -0.138. The summed E-state index contributed by atoms with van der Waals surface area (Å²) in [5.41, 5.74) is 2.48. The number of carbonyl (C=O) groups excluding carboxylic acids is 2.